The maximum atomic E-state index is 9.17. The highest BCUT2D eigenvalue weighted by atomic mass is 35.5. The van der Waals surface area contributed by atoms with Crippen LogP contribution in [0.1, 0.15) is 11.4 Å². The zero-order valence-corrected chi connectivity index (χ0v) is 16.5. The molecule has 0 spiro atoms. The summed E-state index contributed by atoms with van der Waals surface area (Å²) in [4.78, 5) is 8.63. The molecular weight excluding hydrogens is 362 g/mol. The highest BCUT2D eigenvalue weighted by Crippen LogP contribution is 2.31. The number of fused-ring (bicyclic) bond motifs is 1. The average molecular weight is 387 g/mol. The number of nitrogens with zero attached hydrogens (tertiary/aromatic N) is 4. The summed E-state index contributed by atoms with van der Waals surface area (Å²) < 4.78 is 1.98. The van der Waals surface area contributed by atoms with Crippen LogP contribution >= 0.6 is 11.6 Å². The molecule has 0 atom stereocenters. The summed E-state index contributed by atoms with van der Waals surface area (Å²) in [5, 5.41) is 14.7. The van der Waals surface area contributed by atoms with E-state index in [0.29, 0.717) is 0 Å². The minimum absolute atomic E-state index is 0.247. The lowest BCUT2D eigenvalue weighted by Crippen LogP contribution is -3.15. The molecule has 4 rings (SSSR count). The molecule has 0 bridgehead atoms. The molecule has 2 N–H and O–H groups in total. The summed E-state index contributed by atoms with van der Waals surface area (Å²) >= 11 is 6.06. The van der Waals surface area contributed by atoms with E-state index in [9.17, 15) is 5.11 Å². The van der Waals surface area contributed by atoms with E-state index in [4.69, 9.17) is 21.7 Å². The maximum Gasteiger partial charge on any atom is 0.165 e. The Hall–Kier alpha value is -2.15. The monoisotopic (exact) mass is 386 g/mol. The summed E-state index contributed by atoms with van der Waals surface area (Å²) in [5.74, 6) is 1.09. The Balaban J connectivity index is 1.75. The molecule has 0 saturated carbocycles. The molecular formula is C20H25ClN5O+. The number of anilines is 1. The number of hydrogen-bond acceptors (Lipinski definition) is 4. The summed E-state index contributed by atoms with van der Waals surface area (Å²) in [6, 6.07) is 9.96. The predicted octanol–water partition coefficient (Wildman–Crippen LogP) is 1.36. The van der Waals surface area contributed by atoms with Crippen molar-refractivity contribution in [3.8, 4) is 11.1 Å². The Kier molecular flexibility index (Phi) is 5.04. The molecule has 3 aromatic rings. The molecule has 0 unspecified atom stereocenters. The van der Waals surface area contributed by atoms with Crippen molar-refractivity contribution in [2.24, 2.45) is 0 Å². The lowest BCUT2D eigenvalue weighted by molar-refractivity contribution is -0.900. The van der Waals surface area contributed by atoms with Crippen molar-refractivity contribution >= 4 is 23.1 Å². The molecule has 6 nitrogen and oxygen atoms in total. The van der Waals surface area contributed by atoms with Crippen LogP contribution in [-0.2, 0) is 0 Å². The van der Waals surface area contributed by atoms with Gasteiger partial charge in [0, 0.05) is 22.3 Å². The highest BCUT2D eigenvalue weighted by Gasteiger charge is 2.24. The van der Waals surface area contributed by atoms with Crippen molar-refractivity contribution in [1.82, 2.24) is 14.6 Å². The Morgan fingerprint density at radius 2 is 1.85 bits per heavy atom. The minimum atomic E-state index is 0.247. The fraction of sp³-hybridized carbons (Fsp3) is 0.400. The van der Waals surface area contributed by atoms with E-state index in [0.717, 1.165) is 71.7 Å². The Bertz CT molecular complexity index is 945. The maximum absolute atomic E-state index is 9.17. The molecule has 1 saturated heterocycles. The predicted molar refractivity (Wildman–Crippen MR) is 108 cm³/mol. The van der Waals surface area contributed by atoms with E-state index in [2.05, 4.69) is 11.0 Å². The van der Waals surface area contributed by atoms with Gasteiger partial charge in [-0.2, -0.15) is 9.61 Å². The molecule has 1 aliphatic rings. The minimum Gasteiger partial charge on any atom is -0.391 e. The van der Waals surface area contributed by atoms with Gasteiger partial charge in [-0.1, -0.05) is 23.7 Å². The van der Waals surface area contributed by atoms with Gasteiger partial charge in [-0.25, -0.2) is 4.98 Å². The topological polar surface area (TPSA) is 58.1 Å². The number of benzene rings is 1. The molecule has 1 aromatic carbocycles. The summed E-state index contributed by atoms with van der Waals surface area (Å²) in [7, 11) is 0. The first-order chi connectivity index (χ1) is 13.1. The van der Waals surface area contributed by atoms with Gasteiger partial charge in [0.05, 0.1) is 38.5 Å². The largest absolute Gasteiger partial charge is 0.391 e. The van der Waals surface area contributed by atoms with Crippen molar-refractivity contribution in [3.05, 3.63) is 46.7 Å². The molecule has 3 heterocycles. The van der Waals surface area contributed by atoms with Crippen LogP contribution in [0.15, 0.2) is 30.3 Å². The molecule has 0 radical (unpaired) electrons. The second-order valence-electron chi connectivity index (χ2n) is 7.17. The third-order valence-electron chi connectivity index (χ3n) is 5.27. The molecule has 0 amide bonds. The lowest BCUT2D eigenvalue weighted by atomic mass is 10.1. The number of hydrogen-bond donors (Lipinski definition) is 2. The second-order valence-corrected chi connectivity index (χ2v) is 7.61. The van der Waals surface area contributed by atoms with Crippen LogP contribution in [0.4, 0.5) is 5.82 Å². The molecule has 0 aliphatic carbocycles. The molecule has 1 fully saturated rings. The quantitative estimate of drug-likeness (QED) is 0.711. The third kappa shape index (κ3) is 3.52. The SMILES string of the molecule is Cc1cc(N2CC[NH+](CCO)CC2)n2nc(C)c(-c3ccc(Cl)cc3)c2n1. The number of aliphatic hydroxyl groups excluding tert-OH is 1. The van der Waals surface area contributed by atoms with Gasteiger partial charge in [0.25, 0.3) is 0 Å². The number of rotatable bonds is 4. The number of aromatic nitrogens is 3. The van der Waals surface area contributed by atoms with Crippen LogP contribution in [0, 0.1) is 13.8 Å². The Morgan fingerprint density at radius 3 is 2.52 bits per heavy atom. The van der Waals surface area contributed by atoms with Crippen molar-refractivity contribution < 1.29 is 10.0 Å². The van der Waals surface area contributed by atoms with Gasteiger partial charge in [0.2, 0.25) is 0 Å². The Labute approximate surface area is 164 Å². The first kappa shape index (κ1) is 18.2. The lowest BCUT2D eigenvalue weighted by Gasteiger charge is -2.33. The van der Waals surface area contributed by atoms with E-state index < -0.39 is 0 Å². The number of aryl methyl sites for hydroxylation is 2. The summed E-state index contributed by atoms with van der Waals surface area (Å²) in [5.41, 5.74) is 4.96. The number of aliphatic hydroxyl groups is 1. The number of nitrogens with one attached hydrogen (secondary N) is 1. The number of halogens is 1. The highest BCUT2D eigenvalue weighted by molar-refractivity contribution is 6.30. The number of quaternary nitrogens is 1. The first-order valence-electron chi connectivity index (χ1n) is 9.39. The van der Waals surface area contributed by atoms with E-state index in [1.54, 1.807) is 0 Å². The van der Waals surface area contributed by atoms with E-state index in [1.807, 2.05) is 42.6 Å². The van der Waals surface area contributed by atoms with Crippen LogP contribution in [0.3, 0.4) is 0 Å². The molecule has 7 heteroatoms. The fourth-order valence-corrected chi connectivity index (χ4v) is 3.99. The fourth-order valence-electron chi connectivity index (χ4n) is 3.87. The van der Waals surface area contributed by atoms with Crippen LogP contribution in [0.2, 0.25) is 5.02 Å². The molecule has 27 heavy (non-hydrogen) atoms. The van der Waals surface area contributed by atoms with Crippen molar-refractivity contribution in [2.75, 3.05) is 44.2 Å². The molecule has 142 valence electrons. The normalized spacial score (nSPS) is 15.6. The van der Waals surface area contributed by atoms with Gasteiger partial charge in [-0.15, -0.1) is 0 Å². The van der Waals surface area contributed by atoms with Crippen molar-refractivity contribution in [3.63, 3.8) is 0 Å². The van der Waals surface area contributed by atoms with Crippen LogP contribution in [0.5, 0.6) is 0 Å². The number of piperazine rings is 1. The van der Waals surface area contributed by atoms with Crippen LogP contribution in [0.25, 0.3) is 16.8 Å². The second kappa shape index (κ2) is 7.46. The van der Waals surface area contributed by atoms with Crippen molar-refractivity contribution in [2.45, 2.75) is 13.8 Å². The van der Waals surface area contributed by atoms with E-state index >= 15 is 0 Å². The summed E-state index contributed by atoms with van der Waals surface area (Å²) in [6.07, 6.45) is 0. The van der Waals surface area contributed by atoms with Gasteiger partial charge in [-0.05, 0) is 31.5 Å². The summed E-state index contributed by atoms with van der Waals surface area (Å²) in [6.45, 7) is 9.07. The zero-order chi connectivity index (χ0) is 19.0. The zero-order valence-electron chi connectivity index (χ0n) is 15.7. The standard InChI is InChI=1S/C20H24ClN5O/c1-14-13-18(25-9-7-24(8-10-25)11-12-27)26-20(22-14)19(15(2)23-26)16-3-5-17(21)6-4-16/h3-6,13,27H,7-12H2,1-2H3/p+1. The van der Waals surface area contributed by atoms with E-state index in [1.165, 1.54) is 4.90 Å². The molecule has 2 aromatic heterocycles. The third-order valence-corrected chi connectivity index (χ3v) is 5.52. The Morgan fingerprint density at radius 1 is 1.15 bits per heavy atom. The van der Waals surface area contributed by atoms with Crippen LogP contribution < -0.4 is 9.80 Å². The average Bonchev–Trinajstić information content (AvgIpc) is 2.98. The van der Waals surface area contributed by atoms with Crippen molar-refractivity contribution in [1.29, 1.82) is 0 Å². The first-order valence-corrected chi connectivity index (χ1v) is 9.77. The van der Waals surface area contributed by atoms with Gasteiger partial charge < -0.3 is 14.9 Å². The van der Waals surface area contributed by atoms with Gasteiger partial charge in [0.1, 0.15) is 12.4 Å². The molecule has 1 aliphatic heterocycles. The smallest absolute Gasteiger partial charge is 0.165 e. The van der Waals surface area contributed by atoms with E-state index in [-0.39, 0.29) is 6.61 Å². The van der Waals surface area contributed by atoms with Gasteiger partial charge in [0.15, 0.2) is 5.65 Å². The van der Waals surface area contributed by atoms with Crippen LogP contribution in [-0.4, -0.2) is 59.0 Å². The van der Waals surface area contributed by atoms with Gasteiger partial charge >= 0.3 is 0 Å². The van der Waals surface area contributed by atoms with Gasteiger partial charge in [-0.3, -0.25) is 0 Å².